The van der Waals surface area contributed by atoms with Crippen LogP contribution in [0.15, 0.2) is 36.5 Å². The molecule has 6 nitrogen and oxygen atoms in total. The Morgan fingerprint density at radius 3 is 2.63 bits per heavy atom. The molecule has 1 fully saturated rings. The van der Waals surface area contributed by atoms with Gasteiger partial charge in [-0.05, 0) is 42.2 Å². The average molecular weight is 372 g/mol. The van der Waals surface area contributed by atoms with Gasteiger partial charge in [0.25, 0.3) is 0 Å². The van der Waals surface area contributed by atoms with E-state index in [9.17, 15) is 9.18 Å². The van der Waals surface area contributed by atoms with Gasteiger partial charge in [-0.3, -0.25) is 0 Å². The van der Waals surface area contributed by atoms with Crippen LogP contribution in [0.25, 0.3) is 0 Å². The van der Waals surface area contributed by atoms with Crippen molar-refractivity contribution in [1.82, 2.24) is 15.2 Å². The highest BCUT2D eigenvalue weighted by atomic mass is 19.1. The first-order chi connectivity index (χ1) is 13.1. The zero-order chi connectivity index (χ0) is 19.2. The van der Waals surface area contributed by atoms with Crippen molar-refractivity contribution in [3.8, 4) is 5.75 Å². The maximum Gasteiger partial charge on any atom is 0.317 e. The number of rotatable bonds is 6. The second-order valence-corrected chi connectivity index (χ2v) is 6.70. The number of methoxy groups -OCH3 is 1. The van der Waals surface area contributed by atoms with Gasteiger partial charge >= 0.3 is 6.03 Å². The molecule has 1 N–H and O–H groups in total. The summed E-state index contributed by atoms with van der Waals surface area (Å²) in [6.07, 6.45) is 4.22. The molecule has 1 aromatic heterocycles. The summed E-state index contributed by atoms with van der Waals surface area (Å²) in [7, 11) is 3.09. The molecule has 1 saturated heterocycles. The van der Waals surface area contributed by atoms with Crippen LogP contribution in [0.5, 0.6) is 5.75 Å². The zero-order valence-corrected chi connectivity index (χ0v) is 15.7. The predicted octanol–water partition coefficient (Wildman–Crippen LogP) is 3.17. The number of carbonyl (C=O) groups is 1. The van der Waals surface area contributed by atoms with Crippen molar-refractivity contribution in [1.29, 1.82) is 0 Å². The number of nitrogens with zero attached hydrogens (tertiary/aromatic N) is 3. The molecule has 144 valence electrons. The molecule has 0 radical (unpaired) electrons. The highest BCUT2D eigenvalue weighted by Gasteiger charge is 2.14. The van der Waals surface area contributed by atoms with Gasteiger partial charge in [0, 0.05) is 39.4 Å². The number of aromatic nitrogens is 1. The van der Waals surface area contributed by atoms with E-state index in [1.807, 2.05) is 12.1 Å². The molecule has 0 unspecified atom stereocenters. The Morgan fingerprint density at radius 2 is 2.00 bits per heavy atom. The molecule has 7 heteroatoms. The summed E-state index contributed by atoms with van der Waals surface area (Å²) < 4.78 is 18.7. The number of pyridine rings is 1. The van der Waals surface area contributed by atoms with Crippen LogP contribution in [0.1, 0.15) is 24.0 Å². The van der Waals surface area contributed by atoms with Crippen molar-refractivity contribution in [3.63, 3.8) is 0 Å². The van der Waals surface area contributed by atoms with Crippen LogP contribution in [0, 0.1) is 5.82 Å². The summed E-state index contributed by atoms with van der Waals surface area (Å²) in [5, 5.41) is 2.86. The lowest BCUT2D eigenvalue weighted by atomic mass is 10.2. The van der Waals surface area contributed by atoms with Gasteiger partial charge in [-0.15, -0.1) is 0 Å². The second kappa shape index (κ2) is 8.70. The van der Waals surface area contributed by atoms with E-state index in [-0.39, 0.29) is 11.8 Å². The fraction of sp³-hybridized carbons (Fsp3) is 0.400. The summed E-state index contributed by atoms with van der Waals surface area (Å²) in [5.74, 6) is 0.741. The fourth-order valence-electron chi connectivity index (χ4n) is 3.12. The summed E-state index contributed by atoms with van der Waals surface area (Å²) in [6, 6.07) is 8.44. The van der Waals surface area contributed by atoms with Crippen LogP contribution in [-0.4, -0.2) is 43.2 Å². The van der Waals surface area contributed by atoms with E-state index in [1.54, 1.807) is 25.4 Å². The first kappa shape index (κ1) is 18.9. The third kappa shape index (κ3) is 4.87. The number of halogens is 1. The molecule has 0 spiro atoms. The number of nitrogens with one attached hydrogen (secondary N) is 1. The first-order valence-electron chi connectivity index (χ1n) is 9.08. The minimum atomic E-state index is -0.437. The maximum absolute atomic E-state index is 13.8. The molecule has 1 aliphatic rings. The van der Waals surface area contributed by atoms with Gasteiger partial charge in [-0.1, -0.05) is 12.1 Å². The Morgan fingerprint density at radius 1 is 1.26 bits per heavy atom. The lowest BCUT2D eigenvalue weighted by Gasteiger charge is -2.19. The minimum absolute atomic E-state index is 0.190. The molecule has 0 saturated carbocycles. The largest absolute Gasteiger partial charge is 0.494 e. The number of amides is 2. The normalized spacial score (nSPS) is 13.5. The topological polar surface area (TPSA) is 57.7 Å². The Balaban J connectivity index is 1.50. The summed E-state index contributed by atoms with van der Waals surface area (Å²) in [5.41, 5.74) is 1.64. The van der Waals surface area contributed by atoms with E-state index < -0.39 is 5.82 Å². The number of hydrogen-bond donors (Lipinski definition) is 1. The SMILES string of the molecule is COc1ccc(CN(C)C(=O)NCc2ccc(N3CCCC3)nc2)cc1F. The fourth-order valence-corrected chi connectivity index (χ4v) is 3.12. The van der Waals surface area contributed by atoms with Crippen LogP contribution in [0.4, 0.5) is 15.0 Å². The molecule has 0 aliphatic carbocycles. The Labute approximate surface area is 158 Å². The highest BCUT2D eigenvalue weighted by Crippen LogP contribution is 2.19. The molecule has 1 aliphatic heterocycles. The van der Waals surface area contributed by atoms with Gasteiger partial charge in [0.15, 0.2) is 11.6 Å². The van der Waals surface area contributed by atoms with E-state index in [1.165, 1.54) is 30.9 Å². The van der Waals surface area contributed by atoms with E-state index in [0.717, 1.165) is 24.5 Å². The van der Waals surface area contributed by atoms with Crippen LogP contribution in [0.3, 0.4) is 0 Å². The Kier molecular flexibility index (Phi) is 6.11. The smallest absolute Gasteiger partial charge is 0.317 e. The highest BCUT2D eigenvalue weighted by molar-refractivity contribution is 5.73. The molecule has 2 aromatic rings. The third-order valence-electron chi connectivity index (χ3n) is 4.67. The Hall–Kier alpha value is -2.83. The zero-order valence-electron chi connectivity index (χ0n) is 15.7. The summed E-state index contributed by atoms with van der Waals surface area (Å²) >= 11 is 0. The standard InChI is InChI=1S/C20H25FN4O2/c1-24(14-15-5-7-18(27-2)17(21)11-15)20(26)23-13-16-6-8-19(22-12-16)25-9-3-4-10-25/h5-8,11-12H,3-4,9-10,13-14H2,1-2H3,(H,23,26). The Bertz CT molecular complexity index is 776. The molecule has 2 amide bonds. The van der Waals surface area contributed by atoms with E-state index in [2.05, 4.69) is 15.2 Å². The number of hydrogen-bond acceptors (Lipinski definition) is 4. The van der Waals surface area contributed by atoms with Gasteiger partial charge < -0.3 is 19.9 Å². The van der Waals surface area contributed by atoms with Gasteiger partial charge in [-0.2, -0.15) is 0 Å². The monoisotopic (exact) mass is 372 g/mol. The van der Waals surface area contributed by atoms with Crippen LogP contribution < -0.4 is 15.0 Å². The average Bonchev–Trinajstić information content (AvgIpc) is 3.21. The lowest BCUT2D eigenvalue weighted by Crippen LogP contribution is -2.36. The van der Waals surface area contributed by atoms with Gasteiger partial charge in [0.05, 0.1) is 7.11 Å². The van der Waals surface area contributed by atoms with Crippen LogP contribution in [-0.2, 0) is 13.1 Å². The molecular weight excluding hydrogens is 347 g/mol. The van der Waals surface area contributed by atoms with Gasteiger partial charge in [0.2, 0.25) is 0 Å². The number of benzene rings is 1. The lowest BCUT2D eigenvalue weighted by molar-refractivity contribution is 0.206. The van der Waals surface area contributed by atoms with Crippen LogP contribution in [0.2, 0.25) is 0 Å². The van der Waals surface area contributed by atoms with Crippen molar-refractivity contribution in [2.24, 2.45) is 0 Å². The summed E-state index contributed by atoms with van der Waals surface area (Å²) in [6.45, 7) is 2.81. The number of anilines is 1. The molecule has 1 aromatic carbocycles. The van der Waals surface area contributed by atoms with Crippen LogP contribution >= 0.6 is 0 Å². The molecular formula is C20H25FN4O2. The quantitative estimate of drug-likeness (QED) is 0.846. The van der Waals surface area contributed by atoms with Crippen molar-refractivity contribution >= 4 is 11.8 Å². The van der Waals surface area contributed by atoms with E-state index in [4.69, 9.17) is 4.74 Å². The van der Waals surface area contributed by atoms with Crippen molar-refractivity contribution in [3.05, 3.63) is 53.5 Å². The van der Waals surface area contributed by atoms with E-state index in [0.29, 0.717) is 18.7 Å². The van der Waals surface area contributed by atoms with Gasteiger partial charge in [0.1, 0.15) is 5.82 Å². The predicted molar refractivity (Wildman–Crippen MR) is 102 cm³/mol. The van der Waals surface area contributed by atoms with Gasteiger partial charge in [-0.25, -0.2) is 14.2 Å². The van der Waals surface area contributed by atoms with Crippen molar-refractivity contribution < 1.29 is 13.9 Å². The van der Waals surface area contributed by atoms with Crippen molar-refractivity contribution in [2.75, 3.05) is 32.1 Å². The summed E-state index contributed by atoms with van der Waals surface area (Å²) in [4.78, 5) is 20.5. The molecule has 0 atom stereocenters. The number of carbonyl (C=O) groups excluding carboxylic acids is 1. The number of ether oxygens (including phenoxy) is 1. The minimum Gasteiger partial charge on any atom is -0.494 e. The first-order valence-corrected chi connectivity index (χ1v) is 9.08. The van der Waals surface area contributed by atoms with Crippen molar-refractivity contribution in [2.45, 2.75) is 25.9 Å². The third-order valence-corrected chi connectivity index (χ3v) is 4.67. The molecule has 27 heavy (non-hydrogen) atoms. The second-order valence-electron chi connectivity index (χ2n) is 6.70. The molecule has 2 heterocycles. The number of urea groups is 1. The maximum atomic E-state index is 13.8. The van der Waals surface area contributed by atoms with E-state index >= 15 is 0 Å². The molecule has 3 rings (SSSR count). The molecule has 0 bridgehead atoms.